The first-order chi connectivity index (χ1) is 6.89. The van der Waals surface area contributed by atoms with Gasteiger partial charge in [0.2, 0.25) is 8.00 Å². The molecule has 9 nitrogen and oxygen atoms in total. The van der Waals surface area contributed by atoms with Crippen LogP contribution in [0.25, 0.3) is 0 Å². The topological polar surface area (TPSA) is 179 Å². The molecule has 96 valence electrons. The van der Waals surface area contributed by atoms with Crippen LogP contribution in [0, 0.1) is 0 Å². The van der Waals surface area contributed by atoms with Crippen molar-refractivity contribution in [2.45, 2.75) is 18.4 Å². The van der Waals surface area contributed by atoms with Crippen molar-refractivity contribution in [1.29, 1.82) is 0 Å². The molecule has 0 spiro atoms. The average molecular weight is 296 g/mol. The first-order valence-electron chi connectivity index (χ1n) is 3.75. The van der Waals surface area contributed by atoms with Gasteiger partial charge in [0, 0.05) is 6.42 Å². The summed E-state index contributed by atoms with van der Waals surface area (Å²) in [6, 6.07) is 0. The van der Waals surface area contributed by atoms with Gasteiger partial charge in [-0.1, -0.05) is 6.92 Å². The minimum absolute atomic E-state index is 0.571. The van der Waals surface area contributed by atoms with Gasteiger partial charge in [-0.05, 0) is 0 Å². The molecule has 0 aromatic heterocycles. The molecule has 1 unspecified atom stereocenters. The summed E-state index contributed by atoms with van der Waals surface area (Å²) in [5.41, 5.74) is 0. The van der Waals surface area contributed by atoms with E-state index in [4.69, 9.17) is 24.5 Å². The summed E-state index contributed by atoms with van der Waals surface area (Å²) < 4.78 is 21.8. The normalized spacial score (nSPS) is 16.0. The molecule has 0 aliphatic carbocycles. The van der Waals surface area contributed by atoms with Crippen molar-refractivity contribution in [3.05, 3.63) is 0 Å². The van der Waals surface area contributed by atoms with Gasteiger partial charge in [0.05, 0.1) is 0 Å². The zero-order valence-corrected chi connectivity index (χ0v) is 10.6. The number of hydrogen-bond donors (Lipinski definition) is 6. The monoisotopic (exact) mass is 296 g/mol. The van der Waals surface area contributed by atoms with Crippen molar-refractivity contribution in [3.8, 4) is 0 Å². The fourth-order valence-corrected chi connectivity index (χ4v) is 5.18. The molecule has 0 bridgehead atoms. The molecule has 0 aromatic carbocycles. The Morgan fingerprint density at radius 1 is 1.25 bits per heavy atom. The zero-order valence-electron chi connectivity index (χ0n) is 7.96. The molecular formula is C4H11O9P3. The Balaban J connectivity index is 6.13. The van der Waals surface area contributed by atoms with Crippen LogP contribution in [0.5, 0.6) is 0 Å². The third-order valence-electron chi connectivity index (χ3n) is 1.77. The Bertz CT molecular complexity index is 362. The quantitative estimate of drug-likeness (QED) is 0.327. The van der Waals surface area contributed by atoms with E-state index in [-0.39, 0.29) is 0 Å². The maximum Gasteiger partial charge on any atom is 0.378 e. The van der Waals surface area contributed by atoms with Crippen LogP contribution in [-0.2, 0) is 9.13 Å². The molecule has 0 aromatic rings. The molecule has 1 atom stereocenters. The van der Waals surface area contributed by atoms with E-state index in [1.54, 1.807) is 0 Å². The molecule has 0 rings (SSSR count). The van der Waals surface area contributed by atoms with E-state index in [0.29, 0.717) is 0 Å². The highest BCUT2D eigenvalue weighted by Crippen LogP contribution is 2.69. The highest BCUT2D eigenvalue weighted by molar-refractivity contribution is 7.75. The fraction of sp³-hybridized carbons (Fsp3) is 0.750. The van der Waals surface area contributed by atoms with Crippen molar-refractivity contribution in [3.63, 3.8) is 0 Å². The first kappa shape index (κ1) is 16.4. The van der Waals surface area contributed by atoms with Gasteiger partial charge >= 0.3 is 20.3 Å². The molecule has 0 saturated carbocycles. The highest BCUT2D eigenvalue weighted by atomic mass is 31.2. The van der Waals surface area contributed by atoms with Gasteiger partial charge in [-0.2, -0.15) is 4.89 Å². The van der Waals surface area contributed by atoms with Gasteiger partial charge < -0.3 is 29.6 Å². The summed E-state index contributed by atoms with van der Waals surface area (Å²) in [4.78, 5) is 54.4. The van der Waals surface area contributed by atoms with Gasteiger partial charge in [-0.15, -0.1) is 0 Å². The Labute approximate surface area is 91.3 Å². The first-order valence-corrected chi connectivity index (χ1v) is 8.19. The van der Waals surface area contributed by atoms with Gasteiger partial charge in [0.1, 0.15) is 0 Å². The summed E-state index contributed by atoms with van der Waals surface area (Å²) in [6.07, 6.45) is -0.571. The number of rotatable bonds is 4. The van der Waals surface area contributed by atoms with Crippen LogP contribution in [0.4, 0.5) is 0 Å². The van der Waals surface area contributed by atoms with E-state index in [1.165, 1.54) is 0 Å². The minimum atomic E-state index is -5.72. The Kier molecular flexibility index (Phi) is 5.03. The molecule has 12 heteroatoms. The van der Waals surface area contributed by atoms with Crippen LogP contribution in [-0.4, -0.2) is 40.0 Å². The molecule has 0 aliphatic rings. The number of hydrogen-bond acceptors (Lipinski definition) is 5. The van der Waals surface area contributed by atoms with Gasteiger partial charge in [-0.3, -0.25) is 9.13 Å². The lowest BCUT2D eigenvalue weighted by Gasteiger charge is -2.28. The largest absolute Gasteiger partial charge is 0.603 e. The summed E-state index contributed by atoms with van der Waals surface area (Å²) >= 11 is 0. The lowest BCUT2D eigenvalue weighted by Crippen LogP contribution is -2.38. The van der Waals surface area contributed by atoms with Gasteiger partial charge in [0.25, 0.3) is 0 Å². The third kappa shape index (κ3) is 2.78. The van der Waals surface area contributed by atoms with Gasteiger partial charge in [0.15, 0.2) is 5.29 Å². The van der Waals surface area contributed by atoms with Crippen molar-refractivity contribution < 1.29 is 43.6 Å². The van der Waals surface area contributed by atoms with Gasteiger partial charge in [-0.25, -0.2) is 0 Å². The molecular weight excluding hydrogens is 285 g/mol. The Hall–Kier alpha value is 0.350. The molecule has 0 amide bonds. The Morgan fingerprint density at radius 3 is 1.62 bits per heavy atom. The molecule has 0 fully saturated rings. The van der Waals surface area contributed by atoms with Crippen LogP contribution in [0.2, 0.25) is 0 Å². The standard InChI is InChI=1S/C4H11O9P3/c1-2-3(14(6)7)4(5,15(8,9)10)16(11,12)13/h5H,2H2,1H3,(H,6,7)(H2,8,9,10)(H2,11,12,13). The summed E-state index contributed by atoms with van der Waals surface area (Å²) in [5.74, 6) is 0. The zero-order chi connectivity index (χ0) is 13.4. The molecule has 0 aliphatic heterocycles. The lowest BCUT2D eigenvalue weighted by molar-refractivity contribution is -0.168. The Morgan fingerprint density at radius 2 is 1.56 bits per heavy atom. The van der Waals surface area contributed by atoms with Crippen LogP contribution in [0.1, 0.15) is 13.3 Å². The predicted octanol–water partition coefficient (Wildman–Crippen LogP) is -1.77. The smallest absolute Gasteiger partial charge is 0.378 e. The van der Waals surface area contributed by atoms with Crippen molar-refractivity contribution in [1.82, 2.24) is 0 Å². The lowest BCUT2D eigenvalue weighted by atomic mass is 10.3. The second-order valence-electron chi connectivity index (χ2n) is 2.80. The van der Waals surface area contributed by atoms with Crippen LogP contribution >= 0.6 is 23.2 Å². The van der Waals surface area contributed by atoms with E-state index >= 15 is 0 Å². The molecule has 0 heterocycles. The maximum absolute atomic E-state index is 10.9. The van der Waals surface area contributed by atoms with E-state index in [2.05, 4.69) is 0 Å². The molecule has 0 radical (unpaired) electrons. The van der Waals surface area contributed by atoms with Crippen molar-refractivity contribution >= 4 is 28.5 Å². The fourth-order valence-electron chi connectivity index (χ4n) is 1.01. The summed E-state index contributed by atoms with van der Waals surface area (Å²) in [5, 5.41) is 4.30. The van der Waals surface area contributed by atoms with E-state index in [9.17, 15) is 19.1 Å². The third-order valence-corrected chi connectivity index (χ3v) is 6.95. The maximum atomic E-state index is 10.9. The molecule has 6 N–H and O–H groups in total. The van der Waals surface area contributed by atoms with Crippen molar-refractivity contribution in [2.24, 2.45) is 0 Å². The van der Waals surface area contributed by atoms with Crippen LogP contribution in [0.15, 0.2) is 0 Å². The van der Waals surface area contributed by atoms with Crippen molar-refractivity contribution in [2.75, 3.05) is 0 Å². The minimum Gasteiger partial charge on any atom is -0.603 e. The second-order valence-corrected chi connectivity index (χ2v) is 7.71. The van der Waals surface area contributed by atoms with E-state index in [1.807, 2.05) is 0 Å². The average Bonchev–Trinajstić information content (AvgIpc) is 1.99. The van der Waals surface area contributed by atoms with Crippen LogP contribution < -0.4 is 4.89 Å². The summed E-state index contributed by atoms with van der Waals surface area (Å²) in [6.45, 7) is 1.12. The molecule has 0 saturated heterocycles. The second kappa shape index (κ2) is 4.92. The van der Waals surface area contributed by atoms with E-state index in [0.717, 1.165) is 6.92 Å². The van der Waals surface area contributed by atoms with E-state index < -0.39 is 40.0 Å². The highest BCUT2D eigenvalue weighted by Gasteiger charge is 2.65. The molecule has 16 heavy (non-hydrogen) atoms. The number of aliphatic hydroxyl groups is 1. The predicted molar refractivity (Wildman–Crippen MR) is 53.5 cm³/mol. The summed E-state index contributed by atoms with van der Waals surface area (Å²) in [7, 11) is -14.9. The van der Waals surface area contributed by atoms with Crippen LogP contribution in [0.3, 0.4) is 0 Å². The SMILES string of the molecule is CC/C(=[P+](/[O-])O)C(O)(P(=O)(O)O)P(=O)(O)O.